The van der Waals surface area contributed by atoms with Crippen molar-refractivity contribution in [2.45, 2.75) is 64.7 Å². The van der Waals surface area contributed by atoms with Crippen LogP contribution in [0.15, 0.2) is 0 Å². The van der Waals surface area contributed by atoms with E-state index in [9.17, 15) is 0 Å². The third-order valence-electron chi connectivity index (χ3n) is 9.92. The molecule has 6 aliphatic carbocycles. The molecule has 0 heterocycles. The van der Waals surface area contributed by atoms with E-state index in [4.69, 9.17) is 0 Å². The lowest BCUT2D eigenvalue weighted by molar-refractivity contribution is -0.119. The minimum atomic E-state index is 1.08. The van der Waals surface area contributed by atoms with Crippen LogP contribution in [-0.2, 0) is 0 Å². The summed E-state index contributed by atoms with van der Waals surface area (Å²) in [5.41, 5.74) is 0. The van der Waals surface area contributed by atoms with Gasteiger partial charge in [-0.1, -0.05) is 13.3 Å². The molecule has 0 amide bonds. The van der Waals surface area contributed by atoms with E-state index in [1.54, 1.807) is 57.8 Å². The van der Waals surface area contributed by atoms with Gasteiger partial charge in [0, 0.05) is 0 Å². The zero-order valence-electron chi connectivity index (χ0n) is 13.7. The van der Waals surface area contributed by atoms with E-state index in [2.05, 4.69) is 6.92 Å². The van der Waals surface area contributed by atoms with E-state index in [-0.39, 0.29) is 0 Å². The third-order valence-corrected chi connectivity index (χ3v) is 9.92. The van der Waals surface area contributed by atoms with Crippen LogP contribution in [0.25, 0.3) is 0 Å². The molecule has 0 nitrogen and oxygen atoms in total. The lowest BCUT2D eigenvalue weighted by atomic mass is 9.44. The highest BCUT2D eigenvalue weighted by Gasteiger charge is 2.64. The van der Waals surface area contributed by atoms with Crippen molar-refractivity contribution >= 4 is 0 Å². The predicted molar refractivity (Wildman–Crippen MR) is 85.6 cm³/mol. The van der Waals surface area contributed by atoms with Gasteiger partial charge in [0.05, 0.1) is 0 Å². The Labute approximate surface area is 130 Å². The Balaban J connectivity index is 1.31. The molecule has 0 aromatic heterocycles. The fourth-order valence-electron chi connectivity index (χ4n) is 8.83. The summed E-state index contributed by atoms with van der Waals surface area (Å²) in [6, 6.07) is 0. The van der Waals surface area contributed by atoms with Crippen molar-refractivity contribution in [2.24, 2.45) is 65.1 Å². The van der Waals surface area contributed by atoms with E-state index in [0.717, 1.165) is 11.8 Å². The molecule has 0 aromatic carbocycles. The van der Waals surface area contributed by atoms with Crippen LogP contribution in [0.4, 0.5) is 0 Å². The lowest BCUT2D eigenvalue weighted by Crippen LogP contribution is -2.54. The molecule has 11 atom stereocenters. The average Bonchev–Trinajstić information content (AvgIpc) is 2.87. The molecule has 21 heavy (non-hydrogen) atoms. The summed E-state index contributed by atoms with van der Waals surface area (Å²) in [7, 11) is 0. The van der Waals surface area contributed by atoms with Crippen LogP contribution >= 0.6 is 0 Å². The summed E-state index contributed by atoms with van der Waals surface area (Å²) < 4.78 is 0. The number of hydrogen-bond acceptors (Lipinski definition) is 0. The molecule has 0 saturated heterocycles. The van der Waals surface area contributed by atoms with Crippen molar-refractivity contribution in [3.8, 4) is 0 Å². The van der Waals surface area contributed by atoms with Crippen LogP contribution < -0.4 is 0 Å². The number of hydrogen-bond donors (Lipinski definition) is 0. The molecule has 0 bridgehead atoms. The smallest absolute Gasteiger partial charge is 0.0318 e. The van der Waals surface area contributed by atoms with Gasteiger partial charge in [-0.25, -0.2) is 0 Å². The van der Waals surface area contributed by atoms with Crippen molar-refractivity contribution in [1.82, 2.24) is 0 Å². The SMILES string of the molecule is CC1CCC1C1CC2CCC3CC4CC5CCC5C4C3C21. The van der Waals surface area contributed by atoms with Gasteiger partial charge in [0.2, 0.25) is 0 Å². The fourth-order valence-corrected chi connectivity index (χ4v) is 8.83. The lowest BCUT2D eigenvalue weighted by Gasteiger charge is -2.60. The minimum Gasteiger partial charge on any atom is -0.0622 e. The first-order valence-corrected chi connectivity index (χ1v) is 10.3. The van der Waals surface area contributed by atoms with Gasteiger partial charge in [-0.05, 0) is 116 Å². The Hall–Kier alpha value is 0. The van der Waals surface area contributed by atoms with Crippen LogP contribution in [0.2, 0.25) is 0 Å². The summed E-state index contributed by atoms with van der Waals surface area (Å²) >= 11 is 0. The molecular formula is C21H32. The Morgan fingerprint density at radius 1 is 0.476 bits per heavy atom. The standard InChI is InChI=1S/C21H32/c1-11-2-6-16(11)18-10-14-4-3-13-9-15-8-12-5-7-17(12)20(15)21(13)19(14)18/h11-21H,2-10H2,1H3. The summed E-state index contributed by atoms with van der Waals surface area (Å²) in [6.45, 7) is 2.55. The summed E-state index contributed by atoms with van der Waals surface area (Å²) in [5, 5.41) is 0. The normalized spacial score (nSPS) is 67.0. The zero-order chi connectivity index (χ0) is 13.7. The molecule has 6 rings (SSSR count). The Morgan fingerprint density at radius 3 is 1.81 bits per heavy atom. The Bertz CT molecular complexity index is 453. The molecule has 0 radical (unpaired) electrons. The van der Waals surface area contributed by atoms with E-state index in [1.165, 1.54) is 53.3 Å². The number of fused-ring (bicyclic) bond motifs is 7. The molecule has 0 aromatic rings. The molecule has 6 fully saturated rings. The molecule has 11 unspecified atom stereocenters. The average molecular weight is 284 g/mol. The molecule has 6 aliphatic rings. The van der Waals surface area contributed by atoms with E-state index < -0.39 is 0 Å². The van der Waals surface area contributed by atoms with Gasteiger partial charge >= 0.3 is 0 Å². The zero-order valence-corrected chi connectivity index (χ0v) is 13.7. The molecule has 0 aliphatic heterocycles. The van der Waals surface area contributed by atoms with Crippen molar-refractivity contribution in [3.63, 3.8) is 0 Å². The highest BCUT2D eigenvalue weighted by Crippen LogP contribution is 2.71. The molecule has 116 valence electrons. The summed E-state index contributed by atoms with van der Waals surface area (Å²) in [5.74, 6) is 13.0. The van der Waals surface area contributed by atoms with E-state index in [1.807, 2.05) is 0 Å². The number of rotatable bonds is 1. The third kappa shape index (κ3) is 1.44. The van der Waals surface area contributed by atoms with Crippen LogP contribution in [0.3, 0.4) is 0 Å². The summed E-state index contributed by atoms with van der Waals surface area (Å²) in [6.07, 6.45) is 14.6. The van der Waals surface area contributed by atoms with Crippen LogP contribution in [0.5, 0.6) is 0 Å². The fraction of sp³-hybridized carbons (Fsp3) is 1.00. The Kier molecular flexibility index (Phi) is 2.42. The van der Waals surface area contributed by atoms with Gasteiger partial charge in [0.15, 0.2) is 0 Å². The first-order chi connectivity index (χ1) is 10.3. The van der Waals surface area contributed by atoms with Crippen molar-refractivity contribution < 1.29 is 0 Å². The second-order valence-corrected chi connectivity index (χ2v) is 10.2. The first-order valence-electron chi connectivity index (χ1n) is 10.3. The second kappa shape index (κ2) is 4.09. The van der Waals surface area contributed by atoms with Gasteiger partial charge in [-0.3, -0.25) is 0 Å². The van der Waals surface area contributed by atoms with Crippen molar-refractivity contribution in [3.05, 3.63) is 0 Å². The van der Waals surface area contributed by atoms with Crippen LogP contribution in [-0.4, -0.2) is 0 Å². The topological polar surface area (TPSA) is 0 Å². The highest BCUT2D eigenvalue weighted by atomic mass is 14.7. The van der Waals surface area contributed by atoms with Gasteiger partial charge < -0.3 is 0 Å². The maximum atomic E-state index is 2.55. The minimum absolute atomic E-state index is 1.08. The predicted octanol–water partition coefficient (Wildman–Crippen LogP) is 5.38. The maximum absolute atomic E-state index is 2.55. The van der Waals surface area contributed by atoms with E-state index in [0.29, 0.717) is 0 Å². The van der Waals surface area contributed by atoms with Gasteiger partial charge in [0.1, 0.15) is 0 Å². The second-order valence-electron chi connectivity index (χ2n) is 10.2. The first kappa shape index (κ1) is 12.4. The molecule has 6 saturated carbocycles. The summed E-state index contributed by atoms with van der Waals surface area (Å²) in [4.78, 5) is 0. The Morgan fingerprint density at radius 2 is 1.14 bits per heavy atom. The van der Waals surface area contributed by atoms with Gasteiger partial charge in [0.25, 0.3) is 0 Å². The highest BCUT2D eigenvalue weighted by molar-refractivity contribution is 5.12. The molecule has 0 spiro atoms. The molecular weight excluding hydrogens is 252 g/mol. The quantitative estimate of drug-likeness (QED) is 0.606. The maximum Gasteiger partial charge on any atom is -0.0318 e. The van der Waals surface area contributed by atoms with E-state index >= 15 is 0 Å². The van der Waals surface area contributed by atoms with Crippen LogP contribution in [0, 0.1) is 65.1 Å². The van der Waals surface area contributed by atoms with Crippen molar-refractivity contribution in [1.29, 1.82) is 0 Å². The van der Waals surface area contributed by atoms with Gasteiger partial charge in [-0.2, -0.15) is 0 Å². The molecule has 0 N–H and O–H groups in total. The van der Waals surface area contributed by atoms with Crippen LogP contribution in [0.1, 0.15) is 64.7 Å². The van der Waals surface area contributed by atoms with Crippen molar-refractivity contribution in [2.75, 3.05) is 0 Å². The largest absolute Gasteiger partial charge is 0.0622 e. The molecule has 0 heteroatoms. The monoisotopic (exact) mass is 284 g/mol. The van der Waals surface area contributed by atoms with Gasteiger partial charge in [-0.15, -0.1) is 0 Å².